The predicted molar refractivity (Wildman–Crippen MR) is 190 cm³/mol. The van der Waals surface area contributed by atoms with Crippen LogP contribution in [0.15, 0.2) is 24.3 Å². The monoisotopic (exact) mass is 647 g/mol. The minimum atomic E-state index is -1.13. The van der Waals surface area contributed by atoms with Crippen LogP contribution < -0.4 is 0 Å². The first-order chi connectivity index (χ1) is 22.5. The molecule has 0 saturated carbocycles. The predicted octanol–water partition coefficient (Wildman–Crippen LogP) is 11.6. The van der Waals surface area contributed by atoms with Gasteiger partial charge in [0.05, 0.1) is 11.1 Å². The maximum atomic E-state index is 12.4. The summed E-state index contributed by atoms with van der Waals surface area (Å²) in [6, 6.07) is 5.93. The number of benzene rings is 1. The van der Waals surface area contributed by atoms with E-state index in [4.69, 9.17) is 9.47 Å². The lowest BCUT2D eigenvalue weighted by Crippen LogP contribution is -2.19. The molecular weight excluding hydrogens is 576 g/mol. The molecule has 1 rings (SSSR count). The van der Waals surface area contributed by atoms with Crippen molar-refractivity contribution in [3.8, 4) is 0 Å². The van der Waals surface area contributed by atoms with Gasteiger partial charge < -0.3 is 19.7 Å². The van der Waals surface area contributed by atoms with E-state index in [0.717, 1.165) is 38.5 Å². The Labute approximate surface area is 282 Å². The molecule has 0 bridgehead atoms. The third-order valence-electron chi connectivity index (χ3n) is 8.95. The number of hydrogen-bond acceptors (Lipinski definition) is 6. The van der Waals surface area contributed by atoms with Crippen LogP contribution in [0.25, 0.3) is 0 Å². The van der Waals surface area contributed by atoms with E-state index < -0.39 is 24.5 Å². The molecule has 266 valence electrons. The third-order valence-corrected chi connectivity index (χ3v) is 8.95. The van der Waals surface area contributed by atoms with Crippen molar-refractivity contribution in [1.82, 2.24) is 0 Å². The van der Waals surface area contributed by atoms with Gasteiger partial charge in [0.2, 0.25) is 12.6 Å². The van der Waals surface area contributed by atoms with Crippen molar-refractivity contribution in [1.29, 1.82) is 0 Å². The van der Waals surface area contributed by atoms with E-state index in [-0.39, 0.29) is 11.1 Å². The number of unbranched alkanes of at least 4 members (excludes halogenated alkanes) is 24. The molecule has 2 unspecified atom stereocenters. The fourth-order valence-corrected chi connectivity index (χ4v) is 5.92. The first-order valence-corrected chi connectivity index (χ1v) is 19.4. The van der Waals surface area contributed by atoms with Gasteiger partial charge in [0.15, 0.2) is 0 Å². The Morgan fingerprint density at radius 1 is 0.435 bits per heavy atom. The molecule has 1 aromatic rings. The highest BCUT2D eigenvalue weighted by Crippen LogP contribution is 2.17. The Morgan fingerprint density at radius 3 is 0.891 bits per heavy atom. The lowest BCUT2D eigenvalue weighted by atomic mass is 10.0. The van der Waals surface area contributed by atoms with Crippen LogP contribution in [-0.2, 0) is 9.47 Å². The van der Waals surface area contributed by atoms with Crippen LogP contribution in [0, 0.1) is 0 Å². The molecule has 0 fully saturated rings. The van der Waals surface area contributed by atoms with Crippen LogP contribution in [0.3, 0.4) is 0 Å². The fourth-order valence-electron chi connectivity index (χ4n) is 5.92. The zero-order valence-corrected chi connectivity index (χ0v) is 29.8. The van der Waals surface area contributed by atoms with Gasteiger partial charge in [-0.1, -0.05) is 168 Å². The molecule has 0 amide bonds. The van der Waals surface area contributed by atoms with Crippen molar-refractivity contribution < 1.29 is 29.3 Å². The van der Waals surface area contributed by atoms with Gasteiger partial charge in [-0.3, -0.25) is 0 Å². The summed E-state index contributed by atoms with van der Waals surface area (Å²) in [6.07, 6.45) is 31.1. The van der Waals surface area contributed by atoms with E-state index in [9.17, 15) is 19.8 Å². The first kappa shape index (κ1) is 42.1. The summed E-state index contributed by atoms with van der Waals surface area (Å²) in [4.78, 5) is 24.8. The Morgan fingerprint density at radius 2 is 0.652 bits per heavy atom. The SMILES string of the molecule is CCCCCCCCCCCCCCCC(O)OC(=O)c1ccc(C(=O)OC(O)CCCCCCCCCCCCCCC)cc1. The zero-order valence-electron chi connectivity index (χ0n) is 29.8. The molecule has 0 aliphatic heterocycles. The summed E-state index contributed by atoms with van der Waals surface area (Å²) < 4.78 is 10.4. The summed E-state index contributed by atoms with van der Waals surface area (Å²) in [7, 11) is 0. The van der Waals surface area contributed by atoms with Gasteiger partial charge in [-0.05, 0) is 37.1 Å². The number of carbonyl (C=O) groups excluding carboxylic acids is 2. The van der Waals surface area contributed by atoms with E-state index >= 15 is 0 Å². The topological polar surface area (TPSA) is 93.1 Å². The van der Waals surface area contributed by atoms with Crippen molar-refractivity contribution in [2.75, 3.05) is 0 Å². The van der Waals surface area contributed by atoms with Crippen LogP contribution in [0.4, 0.5) is 0 Å². The molecule has 0 aliphatic carbocycles. The molecule has 6 nitrogen and oxygen atoms in total. The minimum Gasteiger partial charge on any atom is -0.432 e. The average molecular weight is 647 g/mol. The van der Waals surface area contributed by atoms with E-state index in [1.54, 1.807) is 0 Å². The fraction of sp³-hybridized carbons (Fsp3) is 0.800. The van der Waals surface area contributed by atoms with Gasteiger partial charge in [-0.2, -0.15) is 0 Å². The Bertz CT molecular complexity index is 770. The quantitative estimate of drug-likeness (QED) is 0.0459. The normalized spacial score (nSPS) is 12.6. The minimum absolute atomic E-state index is 0.258. The number of ether oxygens (including phenoxy) is 2. The molecule has 0 heterocycles. The Hall–Kier alpha value is -1.92. The number of carbonyl (C=O) groups is 2. The summed E-state index contributed by atoms with van der Waals surface area (Å²) in [6.45, 7) is 4.51. The summed E-state index contributed by atoms with van der Waals surface area (Å²) in [5.41, 5.74) is 0.516. The van der Waals surface area contributed by atoms with Gasteiger partial charge in [-0.15, -0.1) is 0 Å². The molecule has 0 aliphatic rings. The highest BCUT2D eigenvalue weighted by Gasteiger charge is 2.16. The van der Waals surface area contributed by atoms with Gasteiger partial charge in [0, 0.05) is 12.8 Å². The average Bonchev–Trinajstić information content (AvgIpc) is 3.05. The van der Waals surface area contributed by atoms with Gasteiger partial charge in [-0.25, -0.2) is 9.59 Å². The van der Waals surface area contributed by atoms with Crippen LogP contribution in [0.5, 0.6) is 0 Å². The highest BCUT2D eigenvalue weighted by atomic mass is 16.6. The molecule has 46 heavy (non-hydrogen) atoms. The van der Waals surface area contributed by atoms with Crippen molar-refractivity contribution in [3.63, 3.8) is 0 Å². The maximum absolute atomic E-state index is 12.4. The number of aliphatic hydroxyl groups excluding tert-OH is 2. The molecule has 2 atom stereocenters. The molecule has 0 aromatic heterocycles. The van der Waals surface area contributed by atoms with Crippen molar-refractivity contribution in [2.24, 2.45) is 0 Å². The van der Waals surface area contributed by atoms with Crippen LogP contribution in [0.1, 0.15) is 214 Å². The summed E-state index contributed by atoms with van der Waals surface area (Å²) in [5, 5.41) is 20.3. The second-order valence-electron chi connectivity index (χ2n) is 13.4. The van der Waals surface area contributed by atoms with Gasteiger partial charge in [0.25, 0.3) is 0 Å². The van der Waals surface area contributed by atoms with Crippen LogP contribution in [-0.4, -0.2) is 34.7 Å². The lowest BCUT2D eigenvalue weighted by molar-refractivity contribution is -0.0707. The van der Waals surface area contributed by atoms with Crippen LogP contribution in [0.2, 0.25) is 0 Å². The molecular formula is C40H70O6. The van der Waals surface area contributed by atoms with E-state index in [1.807, 2.05) is 0 Å². The Kier molecular flexibility index (Phi) is 27.8. The molecule has 0 saturated heterocycles. The smallest absolute Gasteiger partial charge is 0.340 e. The van der Waals surface area contributed by atoms with Crippen molar-refractivity contribution >= 4 is 11.9 Å². The van der Waals surface area contributed by atoms with E-state index in [2.05, 4.69) is 13.8 Å². The number of aliphatic hydroxyl groups is 2. The molecule has 0 radical (unpaired) electrons. The summed E-state index contributed by atoms with van der Waals surface area (Å²) in [5.74, 6) is -1.24. The second-order valence-corrected chi connectivity index (χ2v) is 13.4. The Balaban J connectivity index is 2.07. The largest absolute Gasteiger partial charge is 0.432 e. The molecule has 1 aromatic carbocycles. The first-order valence-electron chi connectivity index (χ1n) is 19.4. The zero-order chi connectivity index (χ0) is 33.5. The molecule has 6 heteroatoms. The van der Waals surface area contributed by atoms with Crippen molar-refractivity contribution in [2.45, 2.75) is 206 Å². The number of hydrogen-bond donors (Lipinski definition) is 2. The summed E-state index contributed by atoms with van der Waals surface area (Å²) >= 11 is 0. The molecule has 0 spiro atoms. The number of esters is 2. The van der Waals surface area contributed by atoms with Gasteiger partial charge >= 0.3 is 11.9 Å². The molecule has 2 N–H and O–H groups in total. The number of rotatable bonds is 32. The standard InChI is InChI=1S/C40H70O6/c1-3-5-7-9-11-13-15-17-19-21-23-25-27-29-37(41)45-39(43)35-31-33-36(34-32-35)40(44)46-38(42)30-28-26-24-22-20-18-16-14-12-10-8-6-4-2/h31-34,37-38,41-42H,3-30H2,1-2H3. The lowest BCUT2D eigenvalue weighted by Gasteiger charge is -2.13. The van der Waals surface area contributed by atoms with E-state index in [0.29, 0.717) is 12.8 Å². The van der Waals surface area contributed by atoms with Crippen molar-refractivity contribution in [3.05, 3.63) is 35.4 Å². The third kappa shape index (κ3) is 24.3. The van der Waals surface area contributed by atoms with Crippen LogP contribution >= 0.6 is 0 Å². The van der Waals surface area contributed by atoms with E-state index in [1.165, 1.54) is 153 Å². The highest BCUT2D eigenvalue weighted by molar-refractivity contribution is 5.93. The maximum Gasteiger partial charge on any atom is 0.340 e. The van der Waals surface area contributed by atoms with Gasteiger partial charge in [0.1, 0.15) is 0 Å². The second kappa shape index (κ2) is 30.4.